The summed E-state index contributed by atoms with van der Waals surface area (Å²) in [5.41, 5.74) is 7.85. The van der Waals surface area contributed by atoms with E-state index in [1.165, 1.54) is 95.6 Å². The van der Waals surface area contributed by atoms with Crippen molar-refractivity contribution in [3.63, 3.8) is 0 Å². The Kier molecular flexibility index (Phi) is 7.58. The maximum absolute atomic E-state index is 5.25. The van der Waals surface area contributed by atoms with Gasteiger partial charge in [-0.2, -0.15) is 0 Å². The van der Waals surface area contributed by atoms with Crippen LogP contribution in [0.2, 0.25) is 0 Å². The van der Waals surface area contributed by atoms with Crippen LogP contribution in [0.15, 0.2) is 78.9 Å². The molecule has 2 saturated carbocycles. The van der Waals surface area contributed by atoms with Crippen molar-refractivity contribution in [2.75, 3.05) is 0 Å². The first-order valence-corrected chi connectivity index (χ1v) is 16.1. The van der Waals surface area contributed by atoms with Crippen molar-refractivity contribution in [1.82, 2.24) is 9.55 Å². The molecule has 2 aliphatic carbocycles. The predicted molar refractivity (Wildman–Crippen MR) is 170 cm³/mol. The molecule has 2 nitrogen and oxygen atoms in total. The Bertz CT molecular complexity index is 1820. The third-order valence-electron chi connectivity index (χ3n) is 9.51. The van der Waals surface area contributed by atoms with Gasteiger partial charge in [-0.05, 0) is 66.8 Å². The molecule has 4 aromatic carbocycles. The molecule has 2 heterocycles. The molecule has 0 bridgehead atoms. The number of imidazole rings is 1. The predicted octanol–water partition coefficient (Wildman–Crippen LogP) is 11.0. The molecule has 0 N–H and O–H groups in total. The summed E-state index contributed by atoms with van der Waals surface area (Å²) < 4.78 is 5.35. The number of benzene rings is 4. The van der Waals surface area contributed by atoms with Gasteiger partial charge >= 0.3 is 0 Å². The van der Waals surface area contributed by atoms with Crippen molar-refractivity contribution in [2.45, 2.75) is 76.0 Å². The molecule has 41 heavy (non-hydrogen) atoms. The number of rotatable bonds is 4. The van der Waals surface area contributed by atoms with Crippen LogP contribution in [0.4, 0.5) is 0 Å². The van der Waals surface area contributed by atoms with Gasteiger partial charge in [-0.15, -0.1) is 47.2 Å². The number of hydrogen-bond acceptors (Lipinski definition) is 2. The normalized spacial score (nSPS) is 16.9. The fourth-order valence-electron chi connectivity index (χ4n) is 7.59. The van der Waals surface area contributed by atoms with Crippen molar-refractivity contribution in [3.05, 3.63) is 96.1 Å². The molecule has 0 amide bonds. The van der Waals surface area contributed by atoms with Crippen LogP contribution in [-0.4, -0.2) is 9.55 Å². The van der Waals surface area contributed by atoms with E-state index in [2.05, 4.69) is 77.4 Å². The monoisotopic (exact) mass is 732 g/mol. The number of nitrogens with zero attached hydrogens (tertiary/aromatic N) is 2. The average Bonchev–Trinajstić information content (AvgIpc) is 3.61. The quantitative estimate of drug-likeness (QED) is 0.165. The summed E-state index contributed by atoms with van der Waals surface area (Å²) in [4.78, 5) is 5.25. The number of aromatic nitrogens is 2. The summed E-state index contributed by atoms with van der Waals surface area (Å²) in [5, 5.41) is 2.93. The number of para-hydroxylation sites is 2. The Labute approximate surface area is 260 Å². The second kappa shape index (κ2) is 11.5. The molecule has 2 aliphatic rings. The van der Waals surface area contributed by atoms with E-state index in [1.807, 2.05) is 23.5 Å². The third kappa shape index (κ3) is 4.69. The second-order valence-corrected chi connectivity index (χ2v) is 13.0. The van der Waals surface area contributed by atoms with Gasteiger partial charge in [-0.1, -0.05) is 74.9 Å². The molecule has 2 fully saturated rings. The van der Waals surface area contributed by atoms with E-state index in [-0.39, 0.29) is 20.1 Å². The summed E-state index contributed by atoms with van der Waals surface area (Å²) in [7, 11) is 0. The number of fused-ring (bicyclic) bond motifs is 4. The van der Waals surface area contributed by atoms with Crippen LogP contribution < -0.4 is 0 Å². The van der Waals surface area contributed by atoms with E-state index in [0.29, 0.717) is 11.8 Å². The van der Waals surface area contributed by atoms with E-state index in [1.54, 1.807) is 11.1 Å². The van der Waals surface area contributed by atoms with Gasteiger partial charge in [0.15, 0.2) is 0 Å². The van der Waals surface area contributed by atoms with E-state index in [9.17, 15) is 0 Å². The summed E-state index contributed by atoms with van der Waals surface area (Å²) in [6.07, 6.45) is 13.3. The molecule has 209 valence electrons. The number of thiophene rings is 1. The fourth-order valence-corrected chi connectivity index (χ4v) is 8.88. The van der Waals surface area contributed by atoms with Gasteiger partial charge in [0.1, 0.15) is 0 Å². The van der Waals surface area contributed by atoms with Crippen molar-refractivity contribution < 1.29 is 20.1 Å². The van der Waals surface area contributed by atoms with Crippen molar-refractivity contribution in [3.8, 4) is 17.1 Å². The Hall–Kier alpha value is -2.78. The SMILES string of the molecule is [Ir].[c-]1ccccc1-c1nc2ccccc2n1-c1c(C2CCCCC2)cc(C2CCCCC2)c2c1sc1ccccc12. The largest absolute Gasteiger partial charge is 0.332 e. The summed E-state index contributed by atoms with van der Waals surface area (Å²) >= 11 is 2.00. The van der Waals surface area contributed by atoms with Crippen LogP contribution in [0.25, 0.3) is 48.3 Å². The maximum atomic E-state index is 5.25. The molecule has 1 radical (unpaired) electrons. The average molecular weight is 732 g/mol. The zero-order valence-corrected chi connectivity index (χ0v) is 26.6. The van der Waals surface area contributed by atoms with Crippen LogP contribution in [0.1, 0.15) is 87.2 Å². The standard InChI is InChI=1S/C37H35N2S.Ir/c1-4-14-25(15-5-1)29-24-30(26-16-6-2-7-17-26)35(36-34(29)28-20-10-13-23-33(28)40-36)39-32-22-12-11-21-31(32)38-37(39)27-18-8-3-9-19-27;/h3,8-13,18,20-26H,1-2,4-7,14-17H2;/q-1;. The molecular weight excluding hydrogens is 697 g/mol. The Morgan fingerprint density at radius 2 is 1.41 bits per heavy atom. The van der Waals surface area contributed by atoms with Crippen LogP contribution in [0.3, 0.4) is 0 Å². The molecule has 0 saturated heterocycles. The Morgan fingerprint density at radius 3 is 2.17 bits per heavy atom. The van der Waals surface area contributed by atoms with Crippen LogP contribution in [0, 0.1) is 6.07 Å². The van der Waals surface area contributed by atoms with Crippen molar-refractivity contribution in [2.24, 2.45) is 0 Å². The van der Waals surface area contributed by atoms with Gasteiger partial charge in [0.05, 0.1) is 27.2 Å². The van der Waals surface area contributed by atoms with E-state index in [4.69, 9.17) is 4.98 Å². The van der Waals surface area contributed by atoms with Gasteiger partial charge < -0.3 is 4.57 Å². The van der Waals surface area contributed by atoms with Crippen LogP contribution >= 0.6 is 11.3 Å². The number of hydrogen-bond donors (Lipinski definition) is 0. The molecule has 8 rings (SSSR count). The molecule has 0 unspecified atom stereocenters. The van der Waals surface area contributed by atoms with Gasteiger partial charge in [0.2, 0.25) is 0 Å². The maximum Gasteiger partial charge on any atom is 0.0774 e. The summed E-state index contributed by atoms with van der Waals surface area (Å²) in [6.45, 7) is 0. The minimum atomic E-state index is 0. The third-order valence-corrected chi connectivity index (χ3v) is 10.7. The van der Waals surface area contributed by atoms with Crippen LogP contribution in [0.5, 0.6) is 0 Å². The Morgan fingerprint density at radius 1 is 0.732 bits per heavy atom. The van der Waals surface area contributed by atoms with E-state index in [0.717, 1.165) is 16.9 Å². The summed E-state index contributed by atoms with van der Waals surface area (Å²) in [5.74, 6) is 2.25. The minimum absolute atomic E-state index is 0. The first-order valence-electron chi connectivity index (χ1n) is 15.3. The van der Waals surface area contributed by atoms with E-state index >= 15 is 0 Å². The smallest absolute Gasteiger partial charge is 0.0774 e. The minimum Gasteiger partial charge on any atom is -0.332 e. The van der Waals surface area contributed by atoms with Crippen molar-refractivity contribution >= 4 is 42.5 Å². The first-order chi connectivity index (χ1) is 19.9. The molecular formula is C37H35IrN2S-. The van der Waals surface area contributed by atoms with Gasteiger partial charge in [0.25, 0.3) is 0 Å². The van der Waals surface area contributed by atoms with Crippen LogP contribution in [-0.2, 0) is 20.1 Å². The van der Waals surface area contributed by atoms with Gasteiger partial charge in [-0.25, -0.2) is 0 Å². The molecule has 0 spiro atoms. The topological polar surface area (TPSA) is 17.8 Å². The van der Waals surface area contributed by atoms with Crippen molar-refractivity contribution in [1.29, 1.82) is 0 Å². The fraction of sp³-hybridized carbons (Fsp3) is 0.324. The zero-order chi connectivity index (χ0) is 26.5. The van der Waals surface area contributed by atoms with Gasteiger partial charge in [0, 0.05) is 35.6 Å². The Balaban J connectivity index is 0.00000276. The first kappa shape index (κ1) is 27.1. The van der Waals surface area contributed by atoms with Gasteiger partial charge in [-0.3, -0.25) is 4.98 Å². The second-order valence-electron chi connectivity index (χ2n) is 11.9. The molecule has 0 aliphatic heterocycles. The molecule has 6 aromatic rings. The molecule has 2 aromatic heterocycles. The zero-order valence-electron chi connectivity index (χ0n) is 23.4. The van der Waals surface area contributed by atoms with E-state index < -0.39 is 0 Å². The summed E-state index contributed by atoms with van der Waals surface area (Å²) in [6, 6.07) is 32.4. The molecule has 0 atom stereocenters. The molecule has 4 heteroatoms.